The summed E-state index contributed by atoms with van der Waals surface area (Å²) in [5.74, 6) is 2.78. The van der Waals surface area contributed by atoms with Crippen molar-refractivity contribution in [3.8, 4) is 0 Å². The Morgan fingerprint density at radius 3 is 2.27 bits per heavy atom. The zero-order valence-corrected chi connectivity index (χ0v) is 15.5. The Balaban J connectivity index is 1.48. The van der Waals surface area contributed by atoms with Gasteiger partial charge in [0, 0.05) is 5.56 Å². The van der Waals surface area contributed by atoms with Crippen LogP contribution in [0.3, 0.4) is 0 Å². The molecule has 0 atom stereocenters. The number of hydrogen-bond donors (Lipinski definition) is 0. The topological polar surface area (TPSA) is 40.6 Å². The minimum Gasteiger partial charge on any atom is -0.270 e. The third-order valence-electron chi connectivity index (χ3n) is 7.26. The zero-order valence-electron chi connectivity index (χ0n) is 15.5. The maximum Gasteiger partial charge on any atom is 0.273 e. The summed E-state index contributed by atoms with van der Waals surface area (Å²) in [5.41, 5.74) is 0.345. The maximum absolute atomic E-state index is 13.3. The van der Waals surface area contributed by atoms with Crippen molar-refractivity contribution in [3.63, 3.8) is 0 Å². The SMILES string of the molecule is [B]c1cccc(C(=O)N2N(C3C4CC5CC(C4)CC3C5)C(=O)C2(C)C)c1. The number of carbonyl (C=O) groups is 2. The molecular weight excluding hydrogens is 323 g/mol. The van der Waals surface area contributed by atoms with E-state index >= 15 is 0 Å². The van der Waals surface area contributed by atoms with Gasteiger partial charge in [-0.15, -0.1) is 0 Å². The summed E-state index contributed by atoms with van der Waals surface area (Å²) >= 11 is 0. The van der Waals surface area contributed by atoms with Crippen molar-refractivity contribution in [2.75, 3.05) is 0 Å². The van der Waals surface area contributed by atoms with E-state index in [0.717, 1.165) is 11.8 Å². The summed E-state index contributed by atoms with van der Waals surface area (Å²) in [7, 11) is 5.87. The first kappa shape index (κ1) is 16.4. The van der Waals surface area contributed by atoms with Crippen molar-refractivity contribution in [3.05, 3.63) is 29.8 Å². The molecule has 5 heteroatoms. The van der Waals surface area contributed by atoms with Crippen molar-refractivity contribution >= 4 is 25.1 Å². The second-order valence-electron chi connectivity index (χ2n) is 9.37. The first-order valence-electron chi connectivity index (χ1n) is 9.90. The van der Waals surface area contributed by atoms with Gasteiger partial charge in [0.2, 0.25) is 0 Å². The summed E-state index contributed by atoms with van der Waals surface area (Å²) in [6, 6.07) is 7.26. The highest BCUT2D eigenvalue weighted by Gasteiger charge is 2.62. The Bertz CT molecular complexity index is 762. The highest BCUT2D eigenvalue weighted by atomic mass is 16.2. The first-order valence-corrected chi connectivity index (χ1v) is 9.90. The molecule has 4 aliphatic carbocycles. The molecule has 4 nitrogen and oxygen atoms in total. The van der Waals surface area contributed by atoms with Crippen LogP contribution in [-0.2, 0) is 4.79 Å². The van der Waals surface area contributed by atoms with Crippen molar-refractivity contribution in [2.45, 2.75) is 57.5 Å². The number of amides is 2. The minimum absolute atomic E-state index is 0.0900. The smallest absolute Gasteiger partial charge is 0.270 e. The van der Waals surface area contributed by atoms with E-state index in [-0.39, 0.29) is 17.9 Å². The van der Waals surface area contributed by atoms with Gasteiger partial charge in [-0.3, -0.25) is 9.59 Å². The number of carbonyl (C=O) groups excluding carboxylic acids is 2. The first-order chi connectivity index (χ1) is 12.4. The molecule has 6 rings (SSSR count). The second kappa shape index (κ2) is 5.37. The van der Waals surface area contributed by atoms with Gasteiger partial charge in [0.05, 0.1) is 6.04 Å². The summed E-state index contributed by atoms with van der Waals surface area (Å²) in [6.07, 6.45) is 6.28. The molecule has 1 aromatic carbocycles. The summed E-state index contributed by atoms with van der Waals surface area (Å²) in [6.45, 7) is 3.71. The van der Waals surface area contributed by atoms with Crippen LogP contribution >= 0.6 is 0 Å². The average molecular weight is 348 g/mol. The molecule has 26 heavy (non-hydrogen) atoms. The van der Waals surface area contributed by atoms with Crippen LogP contribution in [0.1, 0.15) is 56.3 Å². The van der Waals surface area contributed by atoms with E-state index in [1.807, 2.05) is 18.9 Å². The monoisotopic (exact) mass is 348 g/mol. The van der Waals surface area contributed by atoms with Gasteiger partial charge in [0.25, 0.3) is 11.8 Å². The zero-order chi connectivity index (χ0) is 18.2. The van der Waals surface area contributed by atoms with Gasteiger partial charge in [-0.1, -0.05) is 23.7 Å². The molecule has 0 N–H and O–H groups in total. The quantitative estimate of drug-likeness (QED) is 0.770. The Labute approximate surface area is 156 Å². The standard InChI is InChI=1S/C21H25BN2O2/c1-21(2)20(26)23(24(21)19(25)14-4-3-5-17(22)11-14)18-15-7-12-6-13(9-15)10-16(18)8-12/h3-5,11-13,15-16,18H,6-10H2,1-2H3. The third-order valence-corrected chi connectivity index (χ3v) is 7.26. The van der Waals surface area contributed by atoms with E-state index in [0.29, 0.717) is 22.9 Å². The molecule has 0 aromatic heterocycles. The Morgan fingerprint density at radius 2 is 1.69 bits per heavy atom. The fourth-order valence-corrected chi connectivity index (χ4v) is 6.40. The minimum atomic E-state index is -0.781. The summed E-state index contributed by atoms with van der Waals surface area (Å²) in [4.78, 5) is 26.3. The van der Waals surface area contributed by atoms with Gasteiger partial charge >= 0.3 is 0 Å². The average Bonchev–Trinajstić information content (AvgIpc) is 2.59. The van der Waals surface area contributed by atoms with Gasteiger partial charge in [0.1, 0.15) is 13.4 Å². The molecular formula is C21H25BN2O2. The maximum atomic E-state index is 13.3. The van der Waals surface area contributed by atoms with E-state index in [2.05, 4.69) is 0 Å². The van der Waals surface area contributed by atoms with Crippen LogP contribution in [-0.4, -0.2) is 41.3 Å². The summed E-state index contributed by atoms with van der Waals surface area (Å²) in [5, 5.41) is 3.55. The molecule has 1 aromatic rings. The van der Waals surface area contributed by atoms with Crippen LogP contribution in [0.25, 0.3) is 0 Å². The van der Waals surface area contributed by atoms with Crippen molar-refractivity contribution in [2.24, 2.45) is 23.7 Å². The predicted octanol–water partition coefficient (Wildman–Crippen LogP) is 2.28. The van der Waals surface area contributed by atoms with Crippen LogP contribution in [0.5, 0.6) is 0 Å². The molecule has 2 radical (unpaired) electrons. The molecule has 1 saturated heterocycles. The van der Waals surface area contributed by atoms with Crippen LogP contribution in [0.15, 0.2) is 24.3 Å². The molecule has 0 unspecified atom stereocenters. The fourth-order valence-electron chi connectivity index (χ4n) is 6.40. The van der Waals surface area contributed by atoms with E-state index in [9.17, 15) is 9.59 Å². The number of rotatable bonds is 2. The predicted molar refractivity (Wildman–Crippen MR) is 99.8 cm³/mol. The number of nitrogens with zero attached hydrogens (tertiary/aromatic N) is 2. The second-order valence-corrected chi connectivity index (χ2v) is 9.37. The molecule has 134 valence electrons. The van der Waals surface area contributed by atoms with Gasteiger partial charge in [-0.05, 0) is 75.7 Å². The van der Waals surface area contributed by atoms with E-state index in [1.54, 1.807) is 29.3 Å². The van der Waals surface area contributed by atoms with Crippen molar-refractivity contribution in [1.29, 1.82) is 0 Å². The van der Waals surface area contributed by atoms with Crippen LogP contribution < -0.4 is 5.46 Å². The lowest BCUT2D eigenvalue weighted by atomic mass is 9.53. The Hall–Kier alpha value is -1.78. The molecule has 5 fully saturated rings. The molecule has 2 amide bonds. The lowest BCUT2D eigenvalue weighted by molar-refractivity contribution is -0.230. The van der Waals surface area contributed by atoms with Crippen molar-refractivity contribution in [1.82, 2.24) is 10.0 Å². The lowest BCUT2D eigenvalue weighted by Gasteiger charge is -2.65. The van der Waals surface area contributed by atoms with Crippen LogP contribution in [0.2, 0.25) is 0 Å². The normalized spacial score (nSPS) is 37.0. The van der Waals surface area contributed by atoms with E-state index in [1.165, 1.54) is 32.1 Å². The Kier molecular flexibility index (Phi) is 3.39. The highest BCUT2D eigenvalue weighted by molar-refractivity contribution is 6.32. The fraction of sp³-hybridized carbons (Fsp3) is 0.619. The number of hydrogen-bond acceptors (Lipinski definition) is 2. The Morgan fingerprint density at radius 1 is 1.08 bits per heavy atom. The van der Waals surface area contributed by atoms with Crippen LogP contribution in [0.4, 0.5) is 0 Å². The summed E-state index contributed by atoms with van der Waals surface area (Å²) < 4.78 is 0. The molecule has 4 bridgehead atoms. The van der Waals surface area contributed by atoms with Crippen LogP contribution in [0, 0.1) is 23.7 Å². The van der Waals surface area contributed by atoms with E-state index in [4.69, 9.17) is 7.85 Å². The number of benzene rings is 1. The highest BCUT2D eigenvalue weighted by Crippen LogP contribution is 2.57. The van der Waals surface area contributed by atoms with Gasteiger partial charge < -0.3 is 0 Å². The molecule has 5 aliphatic rings. The van der Waals surface area contributed by atoms with Gasteiger partial charge in [0.15, 0.2) is 0 Å². The molecule has 4 saturated carbocycles. The number of hydrazine groups is 1. The molecule has 1 heterocycles. The third kappa shape index (κ3) is 2.15. The molecule has 0 spiro atoms. The van der Waals surface area contributed by atoms with Crippen molar-refractivity contribution < 1.29 is 9.59 Å². The van der Waals surface area contributed by atoms with Gasteiger partial charge in [-0.2, -0.15) is 0 Å². The van der Waals surface area contributed by atoms with E-state index < -0.39 is 5.54 Å². The lowest BCUT2D eigenvalue weighted by Crippen LogP contribution is -2.80. The van der Waals surface area contributed by atoms with Gasteiger partial charge in [-0.25, -0.2) is 10.0 Å². The largest absolute Gasteiger partial charge is 0.273 e. The molecule has 1 aliphatic heterocycles.